The molecule has 0 spiro atoms. The summed E-state index contributed by atoms with van der Waals surface area (Å²) >= 11 is 3.03. The molecule has 0 bridgehead atoms. The average molecular weight is 331 g/mol. The lowest BCUT2D eigenvalue weighted by Crippen LogP contribution is -2.49. The summed E-state index contributed by atoms with van der Waals surface area (Å²) in [7, 11) is 0. The molecule has 0 unspecified atom stereocenters. The maximum absolute atomic E-state index is 13.3. The molecule has 0 aliphatic rings. The van der Waals surface area contributed by atoms with Gasteiger partial charge >= 0.3 is 6.03 Å². The minimum atomic E-state index is -0.498. The zero-order chi connectivity index (χ0) is 14.6. The van der Waals surface area contributed by atoms with Crippen LogP contribution in [0.25, 0.3) is 0 Å². The van der Waals surface area contributed by atoms with Crippen molar-refractivity contribution in [3.05, 3.63) is 28.5 Å². The molecule has 0 heterocycles. The van der Waals surface area contributed by atoms with Gasteiger partial charge in [0.2, 0.25) is 5.96 Å². The largest absolute Gasteiger partial charge is 0.333 e. The molecule has 19 heavy (non-hydrogen) atoms. The van der Waals surface area contributed by atoms with E-state index in [0.717, 1.165) is 0 Å². The number of benzene rings is 1. The molecule has 5 nitrogen and oxygen atoms in total. The number of anilines is 1. The van der Waals surface area contributed by atoms with Crippen LogP contribution >= 0.6 is 15.9 Å². The monoisotopic (exact) mass is 330 g/mol. The molecular weight excluding hydrogens is 315 g/mol. The molecule has 0 saturated carbocycles. The van der Waals surface area contributed by atoms with Crippen molar-refractivity contribution >= 4 is 33.6 Å². The van der Waals surface area contributed by atoms with Crippen LogP contribution in [0.4, 0.5) is 14.9 Å². The molecule has 1 rings (SSSR count). The van der Waals surface area contributed by atoms with Crippen molar-refractivity contribution in [2.24, 2.45) is 0 Å². The van der Waals surface area contributed by atoms with Crippen molar-refractivity contribution in [1.82, 2.24) is 10.6 Å². The molecule has 0 atom stereocenters. The Bertz CT molecular complexity index is 499. The van der Waals surface area contributed by atoms with Crippen LogP contribution in [-0.2, 0) is 0 Å². The number of carbonyl (C=O) groups is 1. The van der Waals surface area contributed by atoms with Crippen molar-refractivity contribution in [2.75, 3.05) is 5.32 Å². The highest BCUT2D eigenvalue weighted by atomic mass is 79.9. The maximum atomic E-state index is 13.3. The number of carbonyl (C=O) groups excluding carboxylic acids is 1. The Morgan fingerprint density at radius 3 is 2.53 bits per heavy atom. The van der Waals surface area contributed by atoms with Crippen LogP contribution in [0.15, 0.2) is 22.7 Å². The predicted molar refractivity (Wildman–Crippen MR) is 76.9 cm³/mol. The molecule has 0 aliphatic heterocycles. The van der Waals surface area contributed by atoms with E-state index in [1.54, 1.807) is 6.07 Å². The Morgan fingerprint density at radius 1 is 1.37 bits per heavy atom. The lowest BCUT2D eigenvalue weighted by molar-refractivity contribution is 0.236. The summed E-state index contributed by atoms with van der Waals surface area (Å²) in [6.07, 6.45) is 0. The van der Waals surface area contributed by atoms with E-state index in [1.165, 1.54) is 12.1 Å². The average Bonchev–Trinajstić information content (AvgIpc) is 2.20. The van der Waals surface area contributed by atoms with Crippen LogP contribution in [-0.4, -0.2) is 17.5 Å². The number of halogens is 2. The lowest BCUT2D eigenvalue weighted by atomic mass is 10.1. The number of urea groups is 1. The van der Waals surface area contributed by atoms with Crippen LogP contribution in [0.3, 0.4) is 0 Å². The summed E-state index contributed by atoms with van der Waals surface area (Å²) in [5, 5.41) is 15.1. The van der Waals surface area contributed by atoms with Crippen LogP contribution < -0.4 is 16.0 Å². The second-order valence-electron chi connectivity index (χ2n) is 4.96. The number of rotatable bonds is 1. The Hall–Kier alpha value is -1.63. The molecule has 1 aromatic carbocycles. The number of hydrogen-bond donors (Lipinski definition) is 4. The van der Waals surface area contributed by atoms with Gasteiger partial charge in [0.15, 0.2) is 0 Å². The van der Waals surface area contributed by atoms with Gasteiger partial charge < -0.3 is 10.6 Å². The van der Waals surface area contributed by atoms with E-state index >= 15 is 0 Å². The number of hydrogen-bond acceptors (Lipinski definition) is 2. The molecule has 7 heteroatoms. The van der Waals surface area contributed by atoms with Gasteiger partial charge in [0.25, 0.3) is 0 Å². The van der Waals surface area contributed by atoms with E-state index in [1.807, 2.05) is 20.8 Å². The lowest BCUT2D eigenvalue weighted by Gasteiger charge is -2.21. The summed E-state index contributed by atoms with van der Waals surface area (Å²) in [5.41, 5.74) is -0.0181. The Morgan fingerprint density at radius 2 is 2.00 bits per heavy atom. The van der Waals surface area contributed by atoms with Gasteiger partial charge in [-0.05, 0) is 54.9 Å². The molecule has 0 aliphatic carbocycles. The smallest absolute Gasteiger partial charge is 0.321 e. The third-order valence-corrected chi connectivity index (χ3v) is 2.56. The molecule has 4 N–H and O–H groups in total. The first kappa shape index (κ1) is 15.4. The van der Waals surface area contributed by atoms with Gasteiger partial charge in [-0.25, -0.2) is 9.18 Å². The van der Waals surface area contributed by atoms with Gasteiger partial charge in [-0.2, -0.15) is 0 Å². The van der Waals surface area contributed by atoms with Gasteiger partial charge in [0.1, 0.15) is 5.82 Å². The van der Waals surface area contributed by atoms with E-state index in [-0.39, 0.29) is 5.96 Å². The van der Waals surface area contributed by atoms with Gasteiger partial charge in [-0.1, -0.05) is 0 Å². The van der Waals surface area contributed by atoms with Gasteiger partial charge in [-0.15, -0.1) is 0 Å². The first-order valence-electron chi connectivity index (χ1n) is 5.57. The van der Waals surface area contributed by atoms with E-state index in [9.17, 15) is 9.18 Å². The van der Waals surface area contributed by atoms with Gasteiger partial charge in [-0.3, -0.25) is 10.7 Å². The highest BCUT2D eigenvalue weighted by Gasteiger charge is 2.14. The zero-order valence-corrected chi connectivity index (χ0v) is 12.5. The van der Waals surface area contributed by atoms with Gasteiger partial charge in [0.05, 0.1) is 4.47 Å². The third-order valence-electron chi connectivity index (χ3n) is 1.92. The number of guanidine groups is 1. The van der Waals surface area contributed by atoms with Crippen molar-refractivity contribution in [3.63, 3.8) is 0 Å². The number of nitrogens with one attached hydrogen (secondary N) is 4. The van der Waals surface area contributed by atoms with E-state index in [0.29, 0.717) is 10.2 Å². The minimum Gasteiger partial charge on any atom is -0.333 e. The quantitative estimate of drug-likeness (QED) is 0.472. The topological polar surface area (TPSA) is 77.0 Å². The molecule has 0 saturated heterocycles. The number of amides is 2. The molecular formula is C12H16BrFN4O. The van der Waals surface area contributed by atoms with Crippen molar-refractivity contribution in [1.29, 1.82) is 5.41 Å². The summed E-state index contributed by atoms with van der Waals surface area (Å²) in [6.45, 7) is 5.48. The highest BCUT2D eigenvalue weighted by Crippen LogP contribution is 2.18. The summed E-state index contributed by atoms with van der Waals surface area (Å²) in [4.78, 5) is 11.5. The summed E-state index contributed by atoms with van der Waals surface area (Å²) in [5.74, 6) is -0.680. The second kappa shape index (κ2) is 6.01. The first-order valence-corrected chi connectivity index (χ1v) is 6.36. The molecule has 0 aromatic heterocycles. The van der Waals surface area contributed by atoms with Crippen LogP contribution in [0, 0.1) is 11.2 Å². The van der Waals surface area contributed by atoms with E-state index in [2.05, 4.69) is 31.9 Å². The Labute approximate surface area is 119 Å². The Kier molecular flexibility index (Phi) is 4.88. The third kappa shape index (κ3) is 5.69. The normalized spacial score (nSPS) is 10.8. The molecule has 2 amide bonds. The van der Waals surface area contributed by atoms with Gasteiger partial charge in [0, 0.05) is 11.2 Å². The fourth-order valence-electron chi connectivity index (χ4n) is 1.23. The Balaban J connectivity index is 2.56. The first-order chi connectivity index (χ1) is 8.67. The summed E-state index contributed by atoms with van der Waals surface area (Å²) < 4.78 is 13.6. The van der Waals surface area contributed by atoms with Crippen LogP contribution in [0.1, 0.15) is 20.8 Å². The second-order valence-corrected chi connectivity index (χ2v) is 5.81. The van der Waals surface area contributed by atoms with Crippen LogP contribution in [0.5, 0.6) is 0 Å². The fraction of sp³-hybridized carbons (Fsp3) is 0.333. The predicted octanol–water partition coefficient (Wildman–Crippen LogP) is 3.03. The van der Waals surface area contributed by atoms with E-state index < -0.39 is 17.4 Å². The standard InChI is InChI=1S/C12H16BrFN4O/c1-12(2,3)18-11(19)17-10(15)16-7-4-5-8(13)9(14)6-7/h4-6H,1-3H3,(H4,15,16,17,18,19). The molecule has 104 valence electrons. The molecule has 0 radical (unpaired) electrons. The summed E-state index contributed by atoms with van der Waals surface area (Å²) in [6, 6.07) is 3.83. The highest BCUT2D eigenvalue weighted by molar-refractivity contribution is 9.10. The maximum Gasteiger partial charge on any atom is 0.321 e. The zero-order valence-electron chi connectivity index (χ0n) is 10.9. The van der Waals surface area contributed by atoms with Crippen molar-refractivity contribution < 1.29 is 9.18 Å². The van der Waals surface area contributed by atoms with Crippen molar-refractivity contribution in [3.8, 4) is 0 Å². The van der Waals surface area contributed by atoms with Crippen molar-refractivity contribution in [2.45, 2.75) is 26.3 Å². The fourth-order valence-corrected chi connectivity index (χ4v) is 1.48. The SMILES string of the molecule is CC(C)(C)NC(=O)NC(=N)Nc1ccc(Br)c(F)c1. The molecule has 0 fully saturated rings. The van der Waals surface area contributed by atoms with Crippen LogP contribution in [0.2, 0.25) is 0 Å². The van der Waals surface area contributed by atoms with E-state index in [4.69, 9.17) is 5.41 Å². The minimum absolute atomic E-state index is 0.233. The molecule has 1 aromatic rings.